The number of pyridine rings is 2. The van der Waals surface area contributed by atoms with Crippen LogP contribution in [-0.2, 0) is 16.6 Å². The number of aryl methyl sites for hydroxylation is 1. The van der Waals surface area contributed by atoms with E-state index in [0.29, 0.717) is 46.5 Å². The number of nitrogens with zero attached hydrogens (tertiary/aromatic N) is 5. The van der Waals surface area contributed by atoms with Crippen LogP contribution in [0.25, 0.3) is 11.4 Å². The third-order valence-corrected chi connectivity index (χ3v) is 5.37. The summed E-state index contributed by atoms with van der Waals surface area (Å²) in [5.41, 5.74) is 0.644. The minimum absolute atomic E-state index is 0.292. The Labute approximate surface area is 188 Å². The highest BCUT2D eigenvalue weighted by Crippen LogP contribution is 2.36. The van der Waals surface area contributed by atoms with Crippen molar-refractivity contribution in [3.63, 3.8) is 0 Å². The number of hydrogen-bond donors (Lipinski definition) is 4. The smallest absolute Gasteiger partial charge is 0.256 e. The van der Waals surface area contributed by atoms with E-state index in [2.05, 4.69) is 30.9 Å². The number of carbonyl (C=O) groups excluding carboxylic acids is 1. The fourth-order valence-corrected chi connectivity index (χ4v) is 3.28. The Morgan fingerprint density at radius 3 is 2.75 bits per heavy atom. The molecule has 3 aromatic heterocycles. The minimum atomic E-state index is -1.39. The molecular formula is C20H22ClN7O4. The molecule has 2 atom stereocenters. The number of hydrogen-bond acceptors (Lipinski definition) is 9. The van der Waals surface area contributed by atoms with Crippen LogP contribution in [0.5, 0.6) is 0 Å². The highest BCUT2D eigenvalue weighted by atomic mass is 35.5. The summed E-state index contributed by atoms with van der Waals surface area (Å²) in [5.74, 6) is -0.0735. The molecule has 11 nitrogen and oxygen atoms in total. The van der Waals surface area contributed by atoms with Gasteiger partial charge in [-0.05, 0) is 38.0 Å². The summed E-state index contributed by atoms with van der Waals surface area (Å²) in [5, 5.41) is 34.1. The first kappa shape index (κ1) is 22.1. The monoisotopic (exact) mass is 459 g/mol. The molecule has 0 aromatic carbocycles. The number of aliphatic hydroxyl groups is 2. The standard InChI is InChI=1S/C20H22ClN7O4/c1-11(13-4-3-9-22-16(13)21)32-19(30)25-17-15(26-27-28(17)2)14-6-5-12(10-23-14)24-18(29)20(31)7-8-20/h3-6,9-11,19,25,30-31H,7-8H2,1-2H3,(H,24,29)/t11-,19?/m1/s1. The molecule has 1 aliphatic rings. The van der Waals surface area contributed by atoms with Gasteiger partial charge < -0.3 is 25.6 Å². The molecule has 1 fully saturated rings. The molecule has 1 amide bonds. The third-order valence-electron chi connectivity index (χ3n) is 5.06. The zero-order valence-electron chi connectivity index (χ0n) is 17.4. The second-order valence-corrected chi connectivity index (χ2v) is 7.84. The second-order valence-electron chi connectivity index (χ2n) is 7.49. The maximum Gasteiger partial charge on any atom is 0.256 e. The van der Waals surface area contributed by atoms with E-state index < -0.39 is 24.0 Å². The van der Waals surface area contributed by atoms with Crippen molar-refractivity contribution in [2.45, 2.75) is 37.9 Å². The van der Waals surface area contributed by atoms with E-state index in [9.17, 15) is 15.0 Å². The molecule has 4 N–H and O–H groups in total. The highest BCUT2D eigenvalue weighted by Gasteiger charge is 2.48. The van der Waals surface area contributed by atoms with Crippen LogP contribution in [0.1, 0.15) is 31.4 Å². The van der Waals surface area contributed by atoms with Crippen LogP contribution in [0.15, 0.2) is 36.7 Å². The summed E-state index contributed by atoms with van der Waals surface area (Å²) >= 11 is 6.08. The van der Waals surface area contributed by atoms with Gasteiger partial charge in [0, 0.05) is 18.8 Å². The zero-order chi connectivity index (χ0) is 22.9. The van der Waals surface area contributed by atoms with E-state index in [-0.39, 0.29) is 0 Å². The molecule has 0 radical (unpaired) electrons. The number of nitrogens with one attached hydrogen (secondary N) is 2. The van der Waals surface area contributed by atoms with E-state index >= 15 is 0 Å². The van der Waals surface area contributed by atoms with Crippen LogP contribution < -0.4 is 10.6 Å². The molecule has 168 valence electrons. The Balaban J connectivity index is 1.45. The Hall–Kier alpha value is -3.12. The van der Waals surface area contributed by atoms with Crippen LogP contribution in [0.2, 0.25) is 5.15 Å². The Bertz CT molecular complexity index is 1120. The van der Waals surface area contributed by atoms with Crippen molar-refractivity contribution in [2.24, 2.45) is 7.05 Å². The first-order valence-corrected chi connectivity index (χ1v) is 10.2. The molecule has 3 heterocycles. The van der Waals surface area contributed by atoms with Gasteiger partial charge in [-0.25, -0.2) is 9.67 Å². The first-order valence-electron chi connectivity index (χ1n) is 9.87. The van der Waals surface area contributed by atoms with Crippen molar-refractivity contribution >= 4 is 29.0 Å². The van der Waals surface area contributed by atoms with Crippen LogP contribution in [0.3, 0.4) is 0 Å². The van der Waals surface area contributed by atoms with Gasteiger partial charge in [0.25, 0.3) is 5.91 Å². The second kappa shape index (κ2) is 8.79. The molecule has 3 aromatic rings. The molecule has 12 heteroatoms. The van der Waals surface area contributed by atoms with Crippen molar-refractivity contribution in [1.29, 1.82) is 0 Å². The van der Waals surface area contributed by atoms with Gasteiger partial charge in [-0.15, -0.1) is 5.10 Å². The number of amides is 1. The predicted molar refractivity (Wildman–Crippen MR) is 115 cm³/mol. The van der Waals surface area contributed by atoms with Crippen LogP contribution in [0.4, 0.5) is 11.5 Å². The van der Waals surface area contributed by atoms with Gasteiger partial charge in [0.2, 0.25) is 6.41 Å². The van der Waals surface area contributed by atoms with E-state index in [0.717, 1.165) is 0 Å². The van der Waals surface area contributed by atoms with Gasteiger partial charge in [0.15, 0.2) is 11.5 Å². The summed E-state index contributed by atoms with van der Waals surface area (Å²) in [4.78, 5) is 20.3. The van der Waals surface area contributed by atoms with Gasteiger partial charge in [0.05, 0.1) is 23.7 Å². The molecule has 1 unspecified atom stereocenters. The lowest BCUT2D eigenvalue weighted by Crippen LogP contribution is -2.29. The molecule has 0 aliphatic heterocycles. The fraction of sp³-hybridized carbons (Fsp3) is 0.350. The largest absolute Gasteiger partial charge is 0.380 e. The number of rotatable bonds is 8. The number of carbonyl (C=O) groups is 1. The number of anilines is 2. The molecule has 0 saturated heterocycles. The number of halogens is 1. The molecule has 32 heavy (non-hydrogen) atoms. The van der Waals surface area contributed by atoms with Gasteiger partial charge in [0.1, 0.15) is 10.8 Å². The lowest BCUT2D eigenvalue weighted by atomic mass is 10.2. The van der Waals surface area contributed by atoms with E-state index in [1.165, 1.54) is 10.9 Å². The van der Waals surface area contributed by atoms with Crippen molar-refractivity contribution in [1.82, 2.24) is 25.0 Å². The summed E-state index contributed by atoms with van der Waals surface area (Å²) in [6.07, 6.45) is 2.00. The fourth-order valence-electron chi connectivity index (χ4n) is 3.01. The molecule has 0 bridgehead atoms. The summed E-state index contributed by atoms with van der Waals surface area (Å²) < 4.78 is 7.03. The van der Waals surface area contributed by atoms with Crippen molar-refractivity contribution < 1.29 is 19.7 Å². The van der Waals surface area contributed by atoms with Crippen LogP contribution >= 0.6 is 11.6 Å². The molecule has 1 aliphatic carbocycles. The van der Waals surface area contributed by atoms with Gasteiger partial charge in [-0.3, -0.25) is 9.78 Å². The van der Waals surface area contributed by atoms with Gasteiger partial charge in [-0.1, -0.05) is 22.9 Å². The summed E-state index contributed by atoms with van der Waals surface area (Å²) in [6.45, 7) is 1.74. The quantitative estimate of drug-likeness (QED) is 0.292. The Morgan fingerprint density at radius 2 is 2.09 bits per heavy atom. The maximum absolute atomic E-state index is 12.0. The SMILES string of the molecule is C[C@@H](OC(O)Nc1c(-c2ccc(NC(=O)C3(O)CC3)cn2)nnn1C)c1cccnc1Cl. The van der Waals surface area contributed by atoms with Crippen LogP contribution in [0, 0.1) is 0 Å². The van der Waals surface area contributed by atoms with E-state index in [1.54, 1.807) is 44.4 Å². The lowest BCUT2D eigenvalue weighted by Gasteiger charge is -2.20. The van der Waals surface area contributed by atoms with Crippen LogP contribution in [-0.4, -0.2) is 53.1 Å². The topological polar surface area (TPSA) is 147 Å². The van der Waals surface area contributed by atoms with Crippen molar-refractivity contribution in [3.8, 4) is 11.4 Å². The average molecular weight is 460 g/mol. The zero-order valence-corrected chi connectivity index (χ0v) is 18.1. The van der Waals surface area contributed by atoms with Gasteiger partial charge >= 0.3 is 0 Å². The van der Waals surface area contributed by atoms with Crippen molar-refractivity contribution in [2.75, 3.05) is 10.6 Å². The third kappa shape index (κ3) is 4.70. The molecule has 1 saturated carbocycles. The van der Waals surface area contributed by atoms with Crippen molar-refractivity contribution in [3.05, 3.63) is 47.4 Å². The number of aromatic nitrogens is 5. The minimum Gasteiger partial charge on any atom is -0.380 e. The summed E-state index contributed by atoms with van der Waals surface area (Å²) in [6, 6.07) is 6.78. The lowest BCUT2D eigenvalue weighted by molar-refractivity contribution is -0.125. The van der Waals surface area contributed by atoms with E-state index in [1.807, 2.05) is 0 Å². The van der Waals surface area contributed by atoms with E-state index in [4.69, 9.17) is 16.3 Å². The normalized spacial score (nSPS) is 16.3. The first-order chi connectivity index (χ1) is 15.3. The Kier molecular flexibility index (Phi) is 6.07. The predicted octanol–water partition coefficient (Wildman–Crippen LogP) is 1.85. The maximum atomic E-state index is 12.0. The molecular weight excluding hydrogens is 438 g/mol. The Morgan fingerprint density at radius 1 is 1.31 bits per heavy atom. The number of ether oxygens (including phenoxy) is 1. The number of aliphatic hydroxyl groups excluding tert-OH is 1. The average Bonchev–Trinajstić information content (AvgIpc) is 3.43. The molecule has 0 spiro atoms. The molecule has 4 rings (SSSR count). The van der Waals surface area contributed by atoms with Gasteiger partial charge in [-0.2, -0.15) is 0 Å². The summed E-state index contributed by atoms with van der Waals surface area (Å²) in [7, 11) is 1.65. The highest BCUT2D eigenvalue weighted by molar-refractivity contribution is 6.30.